The third-order valence-electron chi connectivity index (χ3n) is 3.29. The third-order valence-corrected chi connectivity index (χ3v) is 3.29. The van der Waals surface area contributed by atoms with Gasteiger partial charge in [-0.05, 0) is 42.8 Å². The summed E-state index contributed by atoms with van der Waals surface area (Å²) in [7, 11) is 0. The van der Waals surface area contributed by atoms with Crippen LogP contribution in [0, 0.1) is 12.7 Å². The number of halogens is 1. The second kappa shape index (κ2) is 6.35. The van der Waals surface area contributed by atoms with Crippen molar-refractivity contribution < 1.29 is 9.18 Å². The minimum absolute atomic E-state index is 0.183. The van der Waals surface area contributed by atoms with Crippen LogP contribution >= 0.6 is 0 Å². The number of carbonyl (C=O) groups is 1. The summed E-state index contributed by atoms with van der Waals surface area (Å²) in [5, 5.41) is 10.5. The fourth-order valence-electron chi connectivity index (χ4n) is 2.03. The molecule has 0 radical (unpaired) electrons. The van der Waals surface area contributed by atoms with Gasteiger partial charge in [0.15, 0.2) is 5.69 Å². The number of aryl methyl sites for hydroxylation is 1. The van der Waals surface area contributed by atoms with Gasteiger partial charge in [-0.15, -0.1) is 5.10 Å². The topological polar surface area (TPSA) is 72.7 Å². The van der Waals surface area contributed by atoms with Crippen LogP contribution in [0.1, 0.15) is 21.7 Å². The van der Waals surface area contributed by atoms with Crippen molar-refractivity contribution in [1.29, 1.82) is 0 Å². The zero-order valence-corrected chi connectivity index (χ0v) is 12.4. The maximum atomic E-state index is 13.3. The Morgan fingerprint density at radius 1 is 1.30 bits per heavy atom. The van der Waals surface area contributed by atoms with Crippen molar-refractivity contribution in [1.82, 2.24) is 25.3 Å². The number of rotatable bonds is 4. The number of aromatic nitrogens is 4. The summed E-state index contributed by atoms with van der Waals surface area (Å²) in [6.45, 7) is 1.97. The van der Waals surface area contributed by atoms with Gasteiger partial charge in [0.2, 0.25) is 0 Å². The summed E-state index contributed by atoms with van der Waals surface area (Å²) >= 11 is 0. The number of hydrogen-bond acceptors (Lipinski definition) is 4. The molecule has 2 heterocycles. The summed E-state index contributed by atoms with van der Waals surface area (Å²) in [4.78, 5) is 16.2. The molecule has 0 aliphatic carbocycles. The molecule has 0 saturated carbocycles. The van der Waals surface area contributed by atoms with Crippen LogP contribution in [-0.2, 0) is 6.54 Å². The predicted octanol–water partition coefficient (Wildman–Crippen LogP) is 2.04. The van der Waals surface area contributed by atoms with Crippen LogP contribution < -0.4 is 5.32 Å². The van der Waals surface area contributed by atoms with Crippen LogP contribution in [-0.4, -0.2) is 25.9 Å². The van der Waals surface area contributed by atoms with E-state index < -0.39 is 0 Å². The number of nitrogens with one attached hydrogen (secondary N) is 1. The summed E-state index contributed by atoms with van der Waals surface area (Å²) in [6, 6.07) is 10.0. The largest absolute Gasteiger partial charge is 0.345 e. The van der Waals surface area contributed by atoms with Crippen LogP contribution in [0.4, 0.5) is 4.39 Å². The molecule has 1 aromatic carbocycles. The first-order chi connectivity index (χ1) is 11.1. The van der Waals surface area contributed by atoms with Gasteiger partial charge in [0, 0.05) is 6.20 Å². The average Bonchev–Trinajstić information content (AvgIpc) is 3.06. The van der Waals surface area contributed by atoms with Crippen molar-refractivity contribution in [2.24, 2.45) is 0 Å². The SMILES string of the molecule is Cc1cc(-n2cc(C(=O)NCc3ccccn3)nn2)ccc1F. The molecule has 6 nitrogen and oxygen atoms in total. The van der Waals surface area contributed by atoms with E-state index in [1.165, 1.54) is 16.9 Å². The molecule has 7 heteroatoms. The van der Waals surface area contributed by atoms with Gasteiger partial charge in [0.1, 0.15) is 5.82 Å². The first kappa shape index (κ1) is 14.8. The van der Waals surface area contributed by atoms with Crippen molar-refractivity contribution in [3.8, 4) is 5.69 Å². The highest BCUT2D eigenvalue weighted by molar-refractivity contribution is 5.91. The Morgan fingerprint density at radius 3 is 2.91 bits per heavy atom. The minimum Gasteiger partial charge on any atom is -0.345 e. The van der Waals surface area contributed by atoms with E-state index in [1.54, 1.807) is 25.3 Å². The lowest BCUT2D eigenvalue weighted by atomic mass is 10.2. The van der Waals surface area contributed by atoms with E-state index in [9.17, 15) is 9.18 Å². The van der Waals surface area contributed by atoms with Crippen molar-refractivity contribution in [3.05, 3.63) is 71.6 Å². The molecule has 0 spiro atoms. The van der Waals surface area contributed by atoms with Crippen molar-refractivity contribution in [2.45, 2.75) is 13.5 Å². The first-order valence-corrected chi connectivity index (χ1v) is 7.00. The van der Waals surface area contributed by atoms with Gasteiger partial charge in [-0.2, -0.15) is 0 Å². The van der Waals surface area contributed by atoms with Gasteiger partial charge < -0.3 is 5.32 Å². The zero-order valence-electron chi connectivity index (χ0n) is 12.4. The Hall–Kier alpha value is -3.09. The van der Waals surface area contributed by atoms with Crippen LogP contribution in [0.5, 0.6) is 0 Å². The van der Waals surface area contributed by atoms with E-state index in [0.717, 1.165) is 5.69 Å². The number of hydrogen-bond donors (Lipinski definition) is 1. The number of nitrogens with zero attached hydrogens (tertiary/aromatic N) is 4. The lowest BCUT2D eigenvalue weighted by molar-refractivity contribution is 0.0945. The standard InChI is InChI=1S/C16H14FN5O/c1-11-8-13(5-6-14(11)17)22-10-15(20-21-22)16(23)19-9-12-4-2-3-7-18-12/h2-8,10H,9H2,1H3,(H,19,23). The maximum Gasteiger partial charge on any atom is 0.273 e. The molecule has 3 rings (SSSR count). The van der Waals surface area contributed by atoms with Gasteiger partial charge in [0.05, 0.1) is 24.1 Å². The van der Waals surface area contributed by atoms with Crippen LogP contribution in [0.15, 0.2) is 48.8 Å². The fraction of sp³-hybridized carbons (Fsp3) is 0.125. The lowest BCUT2D eigenvalue weighted by Crippen LogP contribution is -2.23. The maximum absolute atomic E-state index is 13.3. The summed E-state index contributed by atoms with van der Waals surface area (Å²) in [5.41, 5.74) is 2.07. The average molecular weight is 311 g/mol. The Bertz CT molecular complexity index is 831. The van der Waals surface area contributed by atoms with Gasteiger partial charge in [0.25, 0.3) is 5.91 Å². The molecule has 0 saturated heterocycles. The van der Waals surface area contributed by atoms with Gasteiger partial charge >= 0.3 is 0 Å². The van der Waals surface area contributed by atoms with Gasteiger partial charge in [-0.1, -0.05) is 11.3 Å². The predicted molar refractivity (Wildman–Crippen MR) is 81.5 cm³/mol. The molecule has 1 N–H and O–H groups in total. The third kappa shape index (κ3) is 3.39. The minimum atomic E-state index is -0.347. The van der Waals surface area contributed by atoms with E-state index in [2.05, 4.69) is 20.6 Å². The summed E-state index contributed by atoms with van der Waals surface area (Å²) in [6.07, 6.45) is 3.16. The fourth-order valence-corrected chi connectivity index (χ4v) is 2.03. The molecular weight excluding hydrogens is 297 g/mol. The van der Waals surface area contributed by atoms with Crippen LogP contribution in [0.25, 0.3) is 5.69 Å². The second-order valence-electron chi connectivity index (χ2n) is 4.99. The Balaban J connectivity index is 1.71. The normalized spacial score (nSPS) is 10.5. The van der Waals surface area contributed by atoms with Crippen molar-refractivity contribution in [2.75, 3.05) is 0 Å². The molecule has 0 aliphatic heterocycles. The molecule has 0 bridgehead atoms. The Kier molecular flexibility index (Phi) is 4.09. The Labute approximate surface area is 132 Å². The summed E-state index contributed by atoms with van der Waals surface area (Å²) in [5.74, 6) is -0.636. The Morgan fingerprint density at radius 2 is 2.17 bits per heavy atom. The highest BCUT2D eigenvalue weighted by Gasteiger charge is 2.12. The molecule has 0 fully saturated rings. The number of pyridine rings is 1. The molecule has 0 unspecified atom stereocenters. The van der Waals surface area contributed by atoms with Crippen LogP contribution in [0.3, 0.4) is 0 Å². The van der Waals surface area contributed by atoms with Crippen molar-refractivity contribution in [3.63, 3.8) is 0 Å². The number of carbonyl (C=O) groups excluding carboxylic acids is 1. The second-order valence-corrected chi connectivity index (χ2v) is 4.99. The quantitative estimate of drug-likeness (QED) is 0.800. The highest BCUT2D eigenvalue weighted by atomic mass is 19.1. The van der Waals surface area contributed by atoms with E-state index in [-0.39, 0.29) is 17.4 Å². The monoisotopic (exact) mass is 311 g/mol. The molecular formula is C16H14FN5O. The first-order valence-electron chi connectivity index (χ1n) is 7.00. The van der Waals surface area contributed by atoms with Gasteiger partial charge in [-0.3, -0.25) is 9.78 Å². The van der Waals surface area contributed by atoms with E-state index in [4.69, 9.17) is 0 Å². The number of benzene rings is 1. The van der Waals surface area contributed by atoms with Crippen LogP contribution in [0.2, 0.25) is 0 Å². The smallest absolute Gasteiger partial charge is 0.273 e. The number of amides is 1. The van der Waals surface area contributed by atoms with Gasteiger partial charge in [-0.25, -0.2) is 9.07 Å². The summed E-state index contributed by atoms with van der Waals surface area (Å²) < 4.78 is 14.7. The van der Waals surface area contributed by atoms with Crippen molar-refractivity contribution >= 4 is 5.91 Å². The lowest BCUT2D eigenvalue weighted by Gasteiger charge is -2.02. The highest BCUT2D eigenvalue weighted by Crippen LogP contribution is 2.12. The van der Waals surface area contributed by atoms with E-state index in [1.807, 2.05) is 18.2 Å². The molecule has 0 atom stereocenters. The zero-order chi connectivity index (χ0) is 16.2. The molecule has 23 heavy (non-hydrogen) atoms. The van der Waals surface area contributed by atoms with E-state index in [0.29, 0.717) is 17.8 Å². The molecule has 1 amide bonds. The molecule has 116 valence electrons. The molecule has 0 aliphatic rings. The molecule has 2 aromatic heterocycles. The van der Waals surface area contributed by atoms with E-state index >= 15 is 0 Å². The molecule has 3 aromatic rings.